The summed E-state index contributed by atoms with van der Waals surface area (Å²) in [6, 6.07) is 0. The zero-order chi connectivity index (χ0) is 4.41. The quantitative estimate of drug-likeness (QED) is 0.381. The van der Waals surface area contributed by atoms with E-state index in [9.17, 15) is 0 Å². The highest BCUT2D eigenvalue weighted by atomic mass is 14.8. The Labute approximate surface area is 37.0 Å². The summed E-state index contributed by atoms with van der Waals surface area (Å²) in [6.45, 7) is 0. The Hall–Kier alpha value is -0.725. The van der Waals surface area contributed by atoms with Crippen LogP contribution >= 0.6 is 0 Å². The fraction of sp³-hybridized carbons (Fsp3) is 0. The molecule has 0 bridgehead atoms. The first-order valence-corrected chi connectivity index (χ1v) is 1.87. The summed E-state index contributed by atoms with van der Waals surface area (Å²) in [4.78, 5) is 3.75. The highest BCUT2D eigenvalue weighted by Gasteiger charge is 1.92. The molecule has 0 fully saturated rings. The third kappa shape index (κ3) is 0.430. The minimum absolute atomic E-state index is 0.718. The molecule has 0 saturated heterocycles. The molecule has 1 rings (SSSR count). The summed E-state index contributed by atoms with van der Waals surface area (Å²) < 4.78 is 0. The second-order valence-corrected chi connectivity index (χ2v) is 1.21. The van der Waals surface area contributed by atoms with Crippen LogP contribution in [-0.4, -0.2) is 13.0 Å². The normalized spacial score (nSPS) is 17.0. The summed E-state index contributed by atoms with van der Waals surface area (Å²) in [5.41, 5.74) is 5.94. The molecule has 6 heavy (non-hydrogen) atoms. The number of amidine groups is 1. The van der Waals surface area contributed by atoms with Crippen molar-refractivity contribution in [3.05, 3.63) is 12.2 Å². The first-order chi connectivity index (χ1) is 2.89. The van der Waals surface area contributed by atoms with Gasteiger partial charge in [0.05, 0.1) is 5.73 Å². The van der Waals surface area contributed by atoms with E-state index in [2.05, 4.69) is 4.99 Å². The van der Waals surface area contributed by atoms with Gasteiger partial charge in [-0.05, 0) is 0 Å². The van der Waals surface area contributed by atoms with E-state index in [1.54, 1.807) is 6.20 Å². The molecule has 1 aliphatic heterocycles. The maximum Gasteiger partial charge on any atom is 0.230 e. The molecule has 30 valence electrons. The highest BCUT2D eigenvalue weighted by molar-refractivity contribution is 6.79. The topological polar surface area (TPSA) is 38.4 Å². The molecular formula is C3H5BN2. The molecule has 2 nitrogen and oxygen atoms in total. The Morgan fingerprint density at radius 1 is 1.83 bits per heavy atom. The van der Waals surface area contributed by atoms with Crippen molar-refractivity contribution in [2.75, 3.05) is 0 Å². The Kier molecular flexibility index (Phi) is 0.672. The van der Waals surface area contributed by atoms with Gasteiger partial charge in [-0.15, -0.1) is 0 Å². The van der Waals surface area contributed by atoms with E-state index in [0.29, 0.717) is 0 Å². The molecule has 0 spiro atoms. The van der Waals surface area contributed by atoms with Gasteiger partial charge in [0.15, 0.2) is 0 Å². The lowest BCUT2D eigenvalue weighted by atomic mass is 9.79. The summed E-state index contributed by atoms with van der Waals surface area (Å²) in [5, 5.41) is 0. The van der Waals surface area contributed by atoms with Crippen molar-refractivity contribution in [2.45, 2.75) is 0 Å². The molecule has 0 aliphatic carbocycles. The Morgan fingerprint density at radius 3 is 2.83 bits per heavy atom. The first kappa shape index (κ1) is 3.46. The van der Waals surface area contributed by atoms with E-state index in [1.165, 1.54) is 0 Å². The third-order valence-electron chi connectivity index (χ3n) is 0.673. The number of nitrogens with two attached hydrogens (primary N) is 1. The highest BCUT2D eigenvalue weighted by Crippen LogP contribution is 1.81. The predicted octanol–water partition coefficient (Wildman–Crippen LogP) is -0.778. The molecular weight excluding hydrogens is 74.9 g/mol. The maximum atomic E-state index is 5.22. The van der Waals surface area contributed by atoms with Gasteiger partial charge in [-0.1, -0.05) is 5.98 Å². The van der Waals surface area contributed by atoms with E-state index >= 15 is 0 Å². The molecule has 0 aromatic rings. The van der Waals surface area contributed by atoms with Crippen LogP contribution in [0.4, 0.5) is 0 Å². The van der Waals surface area contributed by atoms with Gasteiger partial charge in [0.25, 0.3) is 0 Å². The molecule has 0 radical (unpaired) electrons. The SMILES string of the molecule is NC1=NC=CB1. The smallest absolute Gasteiger partial charge is 0.230 e. The molecule has 2 N–H and O–H groups in total. The van der Waals surface area contributed by atoms with Gasteiger partial charge < -0.3 is 5.73 Å². The predicted molar refractivity (Wildman–Crippen MR) is 27.9 cm³/mol. The molecule has 3 heteroatoms. The molecule has 0 aromatic carbocycles. The lowest BCUT2D eigenvalue weighted by Crippen LogP contribution is -2.14. The molecule has 0 saturated carbocycles. The molecule has 0 aromatic heterocycles. The second kappa shape index (κ2) is 1.16. The lowest BCUT2D eigenvalue weighted by molar-refractivity contribution is 1.57. The number of aliphatic imine (C=N–C) groups is 1. The van der Waals surface area contributed by atoms with Gasteiger partial charge in [-0.2, -0.15) is 0 Å². The van der Waals surface area contributed by atoms with Crippen molar-refractivity contribution in [1.29, 1.82) is 0 Å². The zero-order valence-electron chi connectivity index (χ0n) is 3.39. The number of hydrogen-bond donors (Lipinski definition) is 1. The van der Waals surface area contributed by atoms with Crippen LogP contribution in [0.1, 0.15) is 0 Å². The summed E-state index contributed by atoms with van der Waals surface area (Å²) >= 11 is 0. The molecule has 1 aliphatic rings. The van der Waals surface area contributed by atoms with E-state index < -0.39 is 0 Å². The lowest BCUT2D eigenvalue weighted by Gasteiger charge is -1.76. The van der Waals surface area contributed by atoms with Crippen molar-refractivity contribution < 1.29 is 0 Å². The van der Waals surface area contributed by atoms with E-state index in [0.717, 1.165) is 13.0 Å². The van der Waals surface area contributed by atoms with Crippen LogP contribution < -0.4 is 5.73 Å². The average Bonchev–Trinajstić information content (AvgIpc) is 1.86. The third-order valence-corrected chi connectivity index (χ3v) is 0.673. The van der Waals surface area contributed by atoms with Crippen LogP contribution in [0.25, 0.3) is 0 Å². The van der Waals surface area contributed by atoms with Crippen molar-refractivity contribution in [1.82, 2.24) is 0 Å². The van der Waals surface area contributed by atoms with Crippen LogP contribution in [0.15, 0.2) is 17.2 Å². The fourth-order valence-electron chi connectivity index (χ4n) is 0.375. The monoisotopic (exact) mass is 80.1 g/mol. The van der Waals surface area contributed by atoms with Gasteiger partial charge in [-0.25, -0.2) is 0 Å². The Balaban J connectivity index is 2.61. The Morgan fingerprint density at radius 2 is 2.67 bits per heavy atom. The van der Waals surface area contributed by atoms with Crippen LogP contribution in [0.2, 0.25) is 0 Å². The van der Waals surface area contributed by atoms with E-state index in [1.807, 2.05) is 5.98 Å². The van der Waals surface area contributed by atoms with Crippen molar-refractivity contribution in [2.24, 2.45) is 10.7 Å². The van der Waals surface area contributed by atoms with Gasteiger partial charge >= 0.3 is 0 Å². The van der Waals surface area contributed by atoms with Crippen molar-refractivity contribution in [3.8, 4) is 0 Å². The zero-order valence-corrected chi connectivity index (χ0v) is 3.39. The summed E-state index contributed by atoms with van der Waals surface area (Å²) in [5.74, 6) is 1.93. The second-order valence-electron chi connectivity index (χ2n) is 1.21. The molecule has 0 amide bonds. The van der Waals surface area contributed by atoms with Crippen molar-refractivity contribution >= 4 is 13.0 Å². The van der Waals surface area contributed by atoms with Gasteiger partial charge in [-0.3, -0.25) is 4.99 Å². The average molecular weight is 79.9 g/mol. The number of rotatable bonds is 0. The molecule has 0 atom stereocenters. The molecule has 0 unspecified atom stereocenters. The summed E-state index contributed by atoms with van der Waals surface area (Å²) in [7, 11) is 0.833. The van der Waals surface area contributed by atoms with Crippen LogP contribution in [0.5, 0.6) is 0 Å². The fourth-order valence-corrected chi connectivity index (χ4v) is 0.375. The minimum atomic E-state index is 0.718. The van der Waals surface area contributed by atoms with Gasteiger partial charge in [0.2, 0.25) is 7.28 Å². The van der Waals surface area contributed by atoms with Gasteiger partial charge in [0, 0.05) is 6.20 Å². The van der Waals surface area contributed by atoms with Gasteiger partial charge in [0.1, 0.15) is 0 Å². The summed E-state index contributed by atoms with van der Waals surface area (Å²) in [6.07, 6.45) is 1.72. The molecule has 1 heterocycles. The van der Waals surface area contributed by atoms with E-state index in [-0.39, 0.29) is 0 Å². The van der Waals surface area contributed by atoms with Crippen LogP contribution in [0.3, 0.4) is 0 Å². The maximum absolute atomic E-state index is 5.22. The first-order valence-electron chi connectivity index (χ1n) is 1.87. The number of nitrogens with zero attached hydrogens (tertiary/aromatic N) is 1. The number of hydrogen-bond acceptors (Lipinski definition) is 2. The standard InChI is InChI=1S/C3H5BN2/c5-3-4-1-2-6-3/h1-2,4H,(H2,5,6). The van der Waals surface area contributed by atoms with E-state index in [4.69, 9.17) is 5.73 Å². The Bertz CT molecular complexity index is 105. The van der Waals surface area contributed by atoms with Crippen LogP contribution in [0, 0.1) is 0 Å². The largest absolute Gasteiger partial charge is 0.395 e. The van der Waals surface area contributed by atoms with Crippen molar-refractivity contribution in [3.63, 3.8) is 0 Å². The minimum Gasteiger partial charge on any atom is -0.395 e. The van der Waals surface area contributed by atoms with Crippen LogP contribution in [-0.2, 0) is 0 Å².